The highest BCUT2D eigenvalue weighted by molar-refractivity contribution is 5.78. The number of rotatable bonds is 0. The van der Waals surface area contributed by atoms with Crippen molar-refractivity contribution >= 4 is 5.57 Å². The Morgan fingerprint density at radius 1 is 1.06 bits per heavy atom. The smallest absolute Gasteiger partial charge is 0.0133 e. The Hall–Kier alpha value is -1.56. The van der Waals surface area contributed by atoms with Crippen LogP contribution in [0.5, 0.6) is 0 Å². The fourth-order valence-electron chi connectivity index (χ4n) is 2.87. The largest absolute Gasteiger partial charge is 0.0836 e. The Morgan fingerprint density at radius 2 is 1.88 bits per heavy atom. The molecule has 0 heterocycles. The molecule has 2 aliphatic rings. The van der Waals surface area contributed by atoms with Gasteiger partial charge in [0.15, 0.2) is 0 Å². The average Bonchev–Trinajstić information content (AvgIpc) is 2.36. The molecule has 0 aromatic heterocycles. The van der Waals surface area contributed by atoms with Crippen LogP contribution in [0, 0.1) is 0 Å². The molecule has 16 heavy (non-hydrogen) atoms. The third-order valence-electron chi connectivity index (χ3n) is 3.89. The van der Waals surface area contributed by atoms with Crippen LogP contribution in [0.3, 0.4) is 0 Å². The van der Waals surface area contributed by atoms with Crippen LogP contribution in [0.15, 0.2) is 53.6 Å². The van der Waals surface area contributed by atoms with Crippen molar-refractivity contribution in [2.75, 3.05) is 0 Å². The summed E-state index contributed by atoms with van der Waals surface area (Å²) in [5.41, 5.74) is 7.36. The molecule has 0 radical (unpaired) electrons. The summed E-state index contributed by atoms with van der Waals surface area (Å²) in [5, 5.41) is 0. The van der Waals surface area contributed by atoms with Gasteiger partial charge in [-0.15, -0.1) is 0 Å². The molecule has 0 fully saturated rings. The Kier molecular flexibility index (Phi) is 2.10. The summed E-state index contributed by atoms with van der Waals surface area (Å²) in [6.07, 6.45) is 7.89. The Labute approximate surface area is 97.0 Å². The molecule has 0 bridgehead atoms. The third kappa shape index (κ3) is 1.23. The summed E-state index contributed by atoms with van der Waals surface area (Å²) in [6, 6.07) is 8.83. The molecule has 2 aliphatic carbocycles. The van der Waals surface area contributed by atoms with Crippen LogP contribution in [0.4, 0.5) is 0 Å². The van der Waals surface area contributed by atoms with E-state index in [1.54, 1.807) is 0 Å². The van der Waals surface area contributed by atoms with Gasteiger partial charge in [0.05, 0.1) is 0 Å². The minimum Gasteiger partial charge on any atom is -0.0836 e. The minimum atomic E-state index is 0.588. The first-order valence-electron chi connectivity index (χ1n) is 5.93. The van der Waals surface area contributed by atoms with Gasteiger partial charge in [-0.05, 0) is 48.1 Å². The molecule has 1 aromatic carbocycles. The lowest BCUT2D eigenvalue weighted by Gasteiger charge is -2.31. The maximum atomic E-state index is 2.28. The Balaban J connectivity index is 2.29. The fraction of sp³-hybridized carbons (Fsp3) is 0.250. The maximum Gasteiger partial charge on any atom is 0.0133 e. The van der Waals surface area contributed by atoms with Crippen LogP contribution < -0.4 is 0 Å². The number of hydrogen-bond donors (Lipinski definition) is 0. The Morgan fingerprint density at radius 3 is 2.75 bits per heavy atom. The second-order valence-electron chi connectivity index (χ2n) is 4.68. The van der Waals surface area contributed by atoms with Crippen molar-refractivity contribution in [3.05, 3.63) is 64.8 Å². The summed E-state index contributed by atoms with van der Waals surface area (Å²) < 4.78 is 0. The molecule has 0 nitrogen and oxygen atoms in total. The van der Waals surface area contributed by atoms with Gasteiger partial charge in [0.2, 0.25) is 0 Å². The van der Waals surface area contributed by atoms with E-state index in [1.807, 2.05) is 0 Å². The standard InChI is InChI=1S/C16H16/c1-11-12(2)14-8-4-6-10-16(14)15-9-5-3-7-13(11)15/h3-9,16H,10H2,1-2H3. The first-order valence-corrected chi connectivity index (χ1v) is 5.93. The van der Waals surface area contributed by atoms with Crippen LogP contribution in [-0.2, 0) is 0 Å². The van der Waals surface area contributed by atoms with Crippen LogP contribution in [0.2, 0.25) is 0 Å². The molecule has 0 N–H and O–H groups in total. The molecule has 3 rings (SSSR count). The highest BCUT2D eigenvalue weighted by Gasteiger charge is 2.26. The van der Waals surface area contributed by atoms with Crippen molar-refractivity contribution in [2.45, 2.75) is 26.2 Å². The van der Waals surface area contributed by atoms with Crippen molar-refractivity contribution in [3.8, 4) is 0 Å². The third-order valence-corrected chi connectivity index (χ3v) is 3.89. The van der Waals surface area contributed by atoms with Crippen molar-refractivity contribution < 1.29 is 0 Å². The van der Waals surface area contributed by atoms with Crippen molar-refractivity contribution in [1.29, 1.82) is 0 Å². The van der Waals surface area contributed by atoms with Gasteiger partial charge >= 0.3 is 0 Å². The normalized spacial score (nSPS) is 22.6. The summed E-state index contributed by atoms with van der Waals surface area (Å²) in [7, 11) is 0. The van der Waals surface area contributed by atoms with Gasteiger partial charge in [-0.25, -0.2) is 0 Å². The first-order chi connectivity index (χ1) is 7.79. The Bertz CT molecular complexity index is 527. The van der Waals surface area contributed by atoms with Gasteiger partial charge in [0.25, 0.3) is 0 Å². The monoisotopic (exact) mass is 208 g/mol. The molecule has 0 amide bonds. The predicted molar refractivity (Wildman–Crippen MR) is 69.3 cm³/mol. The highest BCUT2D eigenvalue weighted by Crippen LogP contribution is 2.44. The van der Waals surface area contributed by atoms with Gasteiger partial charge in [0, 0.05) is 5.92 Å². The van der Waals surface area contributed by atoms with E-state index < -0.39 is 0 Å². The van der Waals surface area contributed by atoms with Crippen molar-refractivity contribution in [2.24, 2.45) is 0 Å². The summed E-state index contributed by atoms with van der Waals surface area (Å²) >= 11 is 0. The SMILES string of the molecule is CC1=C(C)c2ccccc2C2CC=CC=C12. The van der Waals surface area contributed by atoms with Crippen LogP contribution >= 0.6 is 0 Å². The van der Waals surface area contributed by atoms with Gasteiger partial charge in [-0.3, -0.25) is 0 Å². The minimum absolute atomic E-state index is 0.588. The molecule has 0 spiro atoms. The summed E-state index contributed by atoms with van der Waals surface area (Å²) in [6.45, 7) is 4.49. The van der Waals surface area contributed by atoms with Crippen LogP contribution in [0.25, 0.3) is 5.57 Å². The maximum absolute atomic E-state index is 2.28. The summed E-state index contributed by atoms with van der Waals surface area (Å²) in [5.74, 6) is 0.588. The topological polar surface area (TPSA) is 0 Å². The summed E-state index contributed by atoms with van der Waals surface area (Å²) in [4.78, 5) is 0. The molecular formula is C16H16. The van der Waals surface area contributed by atoms with E-state index in [1.165, 1.54) is 27.8 Å². The molecule has 0 saturated carbocycles. The number of hydrogen-bond acceptors (Lipinski definition) is 0. The van der Waals surface area contributed by atoms with Crippen LogP contribution in [-0.4, -0.2) is 0 Å². The van der Waals surface area contributed by atoms with E-state index in [2.05, 4.69) is 56.3 Å². The molecule has 1 atom stereocenters. The lowest BCUT2D eigenvalue weighted by molar-refractivity contribution is 0.792. The van der Waals surface area contributed by atoms with E-state index in [0.717, 1.165) is 6.42 Å². The second kappa shape index (κ2) is 3.48. The van der Waals surface area contributed by atoms with Gasteiger partial charge in [0.1, 0.15) is 0 Å². The van der Waals surface area contributed by atoms with Crippen LogP contribution in [0.1, 0.15) is 37.3 Å². The zero-order valence-electron chi connectivity index (χ0n) is 9.83. The first kappa shape index (κ1) is 9.65. The highest BCUT2D eigenvalue weighted by atomic mass is 14.3. The number of fused-ring (bicyclic) bond motifs is 3. The molecule has 80 valence electrons. The van der Waals surface area contributed by atoms with Gasteiger partial charge in [-0.1, -0.05) is 42.5 Å². The van der Waals surface area contributed by atoms with E-state index in [0.29, 0.717) is 5.92 Å². The van der Waals surface area contributed by atoms with Gasteiger partial charge < -0.3 is 0 Å². The molecule has 0 aliphatic heterocycles. The van der Waals surface area contributed by atoms with E-state index in [4.69, 9.17) is 0 Å². The van der Waals surface area contributed by atoms with Crippen molar-refractivity contribution in [3.63, 3.8) is 0 Å². The molecule has 0 heteroatoms. The van der Waals surface area contributed by atoms with Crippen molar-refractivity contribution in [1.82, 2.24) is 0 Å². The van der Waals surface area contributed by atoms with E-state index in [-0.39, 0.29) is 0 Å². The molecule has 1 aromatic rings. The predicted octanol–water partition coefficient (Wildman–Crippen LogP) is 4.46. The van der Waals surface area contributed by atoms with E-state index in [9.17, 15) is 0 Å². The lowest BCUT2D eigenvalue weighted by atomic mass is 9.73. The molecule has 1 unspecified atom stereocenters. The van der Waals surface area contributed by atoms with E-state index >= 15 is 0 Å². The second-order valence-corrected chi connectivity index (χ2v) is 4.68. The number of benzene rings is 1. The lowest BCUT2D eigenvalue weighted by Crippen LogP contribution is -2.13. The quantitative estimate of drug-likeness (QED) is 0.590. The molecule has 0 saturated heterocycles. The zero-order chi connectivity index (χ0) is 11.1. The van der Waals surface area contributed by atoms with Gasteiger partial charge in [-0.2, -0.15) is 0 Å². The molecular weight excluding hydrogens is 192 g/mol. The zero-order valence-corrected chi connectivity index (χ0v) is 9.83. The number of allylic oxidation sites excluding steroid dienone is 6. The fourth-order valence-corrected chi connectivity index (χ4v) is 2.87. The average molecular weight is 208 g/mol.